The molecule has 0 spiro atoms. The maximum Gasteiger partial charge on any atom is 0.328 e. The molecule has 2 rings (SSSR count). The number of nitrogens with one attached hydrogen (secondary N) is 1. The fourth-order valence-electron chi connectivity index (χ4n) is 2.49. The fourth-order valence-corrected chi connectivity index (χ4v) is 2.49. The summed E-state index contributed by atoms with van der Waals surface area (Å²) in [6, 6.07) is 3.14. The number of ether oxygens (including phenoxy) is 1. The van der Waals surface area contributed by atoms with Crippen molar-refractivity contribution in [1.29, 1.82) is 5.26 Å². The summed E-state index contributed by atoms with van der Waals surface area (Å²) >= 11 is 0. The lowest BCUT2D eigenvalue weighted by Gasteiger charge is -2.22. The first-order valence-corrected chi connectivity index (χ1v) is 7.11. The minimum atomic E-state index is -0.587. The highest BCUT2D eigenvalue weighted by Gasteiger charge is 2.21. The predicted octanol–water partition coefficient (Wildman–Crippen LogP) is 2.62. The van der Waals surface area contributed by atoms with Crippen molar-refractivity contribution in [3.05, 3.63) is 27.9 Å². The molecule has 0 amide bonds. The normalized spacial score (nSPS) is 15.4. The Morgan fingerprint density at radius 3 is 2.90 bits per heavy atom. The van der Waals surface area contributed by atoms with E-state index in [1.165, 1.54) is 31.5 Å². The second kappa shape index (κ2) is 7.55. The molecular formula is C14H18N4O3. The van der Waals surface area contributed by atoms with Gasteiger partial charge in [0.25, 0.3) is 0 Å². The van der Waals surface area contributed by atoms with Gasteiger partial charge in [0.1, 0.15) is 11.6 Å². The zero-order valence-corrected chi connectivity index (χ0v) is 11.7. The van der Waals surface area contributed by atoms with Crippen LogP contribution in [0.5, 0.6) is 0 Å². The molecule has 7 nitrogen and oxygen atoms in total. The van der Waals surface area contributed by atoms with E-state index < -0.39 is 4.92 Å². The van der Waals surface area contributed by atoms with Gasteiger partial charge < -0.3 is 10.1 Å². The molecule has 1 aromatic rings. The van der Waals surface area contributed by atoms with E-state index in [4.69, 9.17) is 10.00 Å². The van der Waals surface area contributed by atoms with E-state index in [2.05, 4.69) is 10.3 Å². The molecule has 21 heavy (non-hydrogen) atoms. The highest BCUT2D eigenvalue weighted by molar-refractivity contribution is 5.63. The lowest BCUT2D eigenvalue weighted by molar-refractivity contribution is -0.384. The van der Waals surface area contributed by atoms with Crippen LogP contribution in [0.15, 0.2) is 12.3 Å². The quantitative estimate of drug-likeness (QED) is 0.491. The molecule has 0 atom stereocenters. The smallest absolute Gasteiger partial charge is 0.328 e. The van der Waals surface area contributed by atoms with Crippen LogP contribution in [0.1, 0.15) is 37.7 Å². The Balaban J connectivity index is 1.88. The second-order valence-electron chi connectivity index (χ2n) is 4.98. The highest BCUT2D eigenvalue weighted by atomic mass is 16.6. The largest absolute Gasteiger partial charge is 0.376 e. The van der Waals surface area contributed by atoms with Gasteiger partial charge in [-0.05, 0) is 18.9 Å². The number of hydrogen-bond donors (Lipinski definition) is 1. The number of hydrogen-bond acceptors (Lipinski definition) is 6. The van der Waals surface area contributed by atoms with Crippen molar-refractivity contribution in [2.24, 2.45) is 0 Å². The van der Waals surface area contributed by atoms with Gasteiger partial charge in [0.15, 0.2) is 0 Å². The third kappa shape index (κ3) is 4.13. The molecule has 0 bridgehead atoms. The van der Waals surface area contributed by atoms with Gasteiger partial charge in [-0.15, -0.1) is 0 Å². The average molecular weight is 290 g/mol. The zero-order chi connectivity index (χ0) is 15.1. The summed E-state index contributed by atoms with van der Waals surface area (Å²) in [5.74, 6) is 0.117. The molecule has 0 saturated heterocycles. The van der Waals surface area contributed by atoms with Crippen LogP contribution in [0, 0.1) is 21.4 Å². The molecule has 1 fully saturated rings. The summed E-state index contributed by atoms with van der Waals surface area (Å²) in [6.45, 7) is 0.902. The Kier molecular flexibility index (Phi) is 5.46. The molecule has 1 N–H and O–H groups in total. The predicted molar refractivity (Wildman–Crippen MR) is 76.9 cm³/mol. The lowest BCUT2D eigenvalue weighted by Crippen LogP contribution is -2.21. The Morgan fingerprint density at radius 2 is 2.24 bits per heavy atom. The minimum absolute atomic E-state index is 0.00528. The fraction of sp³-hybridized carbons (Fsp3) is 0.571. The highest BCUT2D eigenvalue weighted by Crippen LogP contribution is 2.25. The number of rotatable bonds is 6. The summed E-state index contributed by atoms with van der Waals surface area (Å²) in [6.07, 6.45) is 7.54. The lowest BCUT2D eigenvalue weighted by atomic mass is 9.98. The van der Waals surface area contributed by atoms with Gasteiger partial charge >= 0.3 is 5.69 Å². The van der Waals surface area contributed by atoms with Gasteiger partial charge in [0.05, 0.1) is 17.6 Å². The zero-order valence-electron chi connectivity index (χ0n) is 11.7. The topological polar surface area (TPSA) is 101 Å². The Hall–Kier alpha value is -2.20. The third-order valence-electron chi connectivity index (χ3n) is 3.53. The van der Waals surface area contributed by atoms with E-state index in [0.717, 1.165) is 12.8 Å². The van der Waals surface area contributed by atoms with Crippen LogP contribution in [0.2, 0.25) is 0 Å². The number of aromatic nitrogens is 1. The molecule has 0 radical (unpaired) electrons. The molecule has 7 heteroatoms. The van der Waals surface area contributed by atoms with Crippen molar-refractivity contribution in [2.45, 2.75) is 38.2 Å². The van der Waals surface area contributed by atoms with Crippen molar-refractivity contribution in [3.8, 4) is 6.07 Å². The van der Waals surface area contributed by atoms with Crippen LogP contribution < -0.4 is 5.32 Å². The number of anilines is 1. The van der Waals surface area contributed by atoms with Crippen molar-refractivity contribution in [1.82, 2.24) is 4.98 Å². The van der Waals surface area contributed by atoms with Crippen molar-refractivity contribution >= 4 is 11.5 Å². The first kappa shape index (κ1) is 15.2. The summed E-state index contributed by atoms with van der Waals surface area (Å²) in [5, 5.41) is 22.8. The standard InChI is InChI=1S/C14H18N4O3/c15-10-11-6-7-16-14(13(11)18(19)20)17-8-9-21-12-4-2-1-3-5-12/h6-7,12H,1-5,8-9H2,(H,16,17). The Labute approximate surface area is 123 Å². The molecule has 0 unspecified atom stereocenters. The minimum Gasteiger partial charge on any atom is -0.376 e. The molecule has 1 aromatic heterocycles. The Bertz CT molecular complexity index is 536. The van der Waals surface area contributed by atoms with Gasteiger partial charge in [-0.3, -0.25) is 10.1 Å². The summed E-state index contributed by atoms with van der Waals surface area (Å²) < 4.78 is 5.74. The van der Waals surface area contributed by atoms with Crippen molar-refractivity contribution in [3.63, 3.8) is 0 Å². The molecule has 0 aliphatic heterocycles. The van der Waals surface area contributed by atoms with Gasteiger partial charge in [0.2, 0.25) is 5.82 Å². The monoisotopic (exact) mass is 290 g/mol. The summed E-state index contributed by atoms with van der Waals surface area (Å²) in [4.78, 5) is 14.4. The maximum absolute atomic E-state index is 11.0. The SMILES string of the molecule is N#Cc1ccnc(NCCOC2CCCCC2)c1[N+](=O)[O-]. The van der Waals surface area contributed by atoms with Crippen LogP contribution in [-0.2, 0) is 4.74 Å². The van der Waals surface area contributed by atoms with Crippen LogP contribution >= 0.6 is 0 Å². The van der Waals surface area contributed by atoms with Gasteiger partial charge in [-0.25, -0.2) is 4.98 Å². The van der Waals surface area contributed by atoms with Crippen LogP contribution in [0.4, 0.5) is 11.5 Å². The van der Waals surface area contributed by atoms with E-state index in [1.54, 1.807) is 6.07 Å². The van der Waals surface area contributed by atoms with Gasteiger partial charge in [-0.2, -0.15) is 5.26 Å². The molecule has 0 aromatic carbocycles. The second-order valence-corrected chi connectivity index (χ2v) is 4.98. The van der Waals surface area contributed by atoms with E-state index in [-0.39, 0.29) is 17.1 Å². The van der Waals surface area contributed by atoms with Crippen molar-refractivity contribution < 1.29 is 9.66 Å². The number of nitriles is 1. The third-order valence-corrected chi connectivity index (χ3v) is 3.53. The first-order valence-electron chi connectivity index (χ1n) is 7.11. The van der Waals surface area contributed by atoms with E-state index in [1.807, 2.05) is 0 Å². The van der Waals surface area contributed by atoms with E-state index >= 15 is 0 Å². The number of nitro groups is 1. The number of nitrogens with zero attached hydrogens (tertiary/aromatic N) is 3. The maximum atomic E-state index is 11.0. The summed E-state index contributed by atoms with van der Waals surface area (Å²) in [5.41, 5.74) is -0.275. The van der Waals surface area contributed by atoms with E-state index in [9.17, 15) is 10.1 Å². The molecule has 112 valence electrons. The van der Waals surface area contributed by atoms with E-state index in [0.29, 0.717) is 19.3 Å². The molecular weight excluding hydrogens is 272 g/mol. The van der Waals surface area contributed by atoms with Crippen LogP contribution in [-0.4, -0.2) is 29.2 Å². The van der Waals surface area contributed by atoms with Crippen LogP contribution in [0.25, 0.3) is 0 Å². The first-order chi connectivity index (χ1) is 10.2. The Morgan fingerprint density at radius 1 is 1.48 bits per heavy atom. The van der Waals surface area contributed by atoms with Crippen molar-refractivity contribution in [2.75, 3.05) is 18.5 Å². The summed E-state index contributed by atoms with van der Waals surface area (Å²) in [7, 11) is 0. The molecule has 1 aliphatic rings. The average Bonchev–Trinajstić information content (AvgIpc) is 2.52. The van der Waals surface area contributed by atoms with Crippen LogP contribution in [0.3, 0.4) is 0 Å². The molecule has 1 saturated carbocycles. The molecule has 1 heterocycles. The van der Waals surface area contributed by atoms with Gasteiger partial charge in [-0.1, -0.05) is 19.3 Å². The number of pyridine rings is 1. The van der Waals surface area contributed by atoms with Gasteiger partial charge in [0, 0.05) is 12.7 Å². The molecule has 1 aliphatic carbocycles.